The first-order valence-electron chi connectivity index (χ1n) is 6.53. The van der Waals surface area contributed by atoms with Gasteiger partial charge < -0.3 is 5.11 Å². The maximum Gasteiger partial charge on any atom is 0.246 e. The molecular formula is C14H19N3O3S. The van der Waals surface area contributed by atoms with Crippen LogP contribution in [0.3, 0.4) is 0 Å². The summed E-state index contributed by atoms with van der Waals surface area (Å²) in [6, 6.07) is 7.64. The van der Waals surface area contributed by atoms with Gasteiger partial charge in [0, 0.05) is 13.6 Å². The molecule has 2 rings (SSSR count). The van der Waals surface area contributed by atoms with Crippen LogP contribution >= 0.6 is 0 Å². The van der Waals surface area contributed by atoms with Crippen LogP contribution < -0.4 is 0 Å². The fraction of sp³-hybridized carbons (Fsp3) is 0.357. The number of benzene rings is 1. The predicted octanol–water partition coefficient (Wildman–Crippen LogP) is 1.34. The average molecular weight is 309 g/mol. The minimum atomic E-state index is -3.70. The molecule has 0 aliphatic heterocycles. The monoisotopic (exact) mass is 309 g/mol. The predicted molar refractivity (Wildman–Crippen MR) is 79.1 cm³/mol. The van der Waals surface area contributed by atoms with Crippen molar-refractivity contribution in [3.8, 4) is 0 Å². The Hall–Kier alpha value is -1.70. The second kappa shape index (κ2) is 5.97. The number of hydrogen-bond donors (Lipinski definition) is 2. The van der Waals surface area contributed by atoms with E-state index in [1.807, 2.05) is 31.2 Å². The molecule has 0 aliphatic rings. The maximum absolute atomic E-state index is 12.7. The summed E-state index contributed by atoms with van der Waals surface area (Å²) in [7, 11) is -2.18. The molecule has 0 aliphatic carbocycles. The molecule has 7 heteroatoms. The standard InChI is InChI=1S/C14H19N3O3S/c1-10-6-4-5-7-12(10)8-17(3)21(19,20)14-11(2)15-16-13(14)9-18/h4-7,18H,8-9H2,1-3H3,(H,15,16). The van der Waals surface area contributed by atoms with Gasteiger partial charge in [-0.3, -0.25) is 5.10 Å². The first kappa shape index (κ1) is 15.7. The van der Waals surface area contributed by atoms with Crippen molar-refractivity contribution in [2.75, 3.05) is 7.05 Å². The lowest BCUT2D eigenvalue weighted by atomic mass is 10.1. The maximum atomic E-state index is 12.7. The summed E-state index contributed by atoms with van der Waals surface area (Å²) in [6.45, 7) is 3.42. The number of aliphatic hydroxyl groups excluding tert-OH is 1. The van der Waals surface area contributed by atoms with Gasteiger partial charge in [0.2, 0.25) is 10.0 Å². The van der Waals surface area contributed by atoms with Gasteiger partial charge in [0.25, 0.3) is 0 Å². The van der Waals surface area contributed by atoms with E-state index in [4.69, 9.17) is 0 Å². The minimum Gasteiger partial charge on any atom is -0.390 e. The molecule has 0 radical (unpaired) electrons. The SMILES string of the molecule is Cc1ccccc1CN(C)S(=O)(=O)c1c(CO)n[nH]c1C. The highest BCUT2D eigenvalue weighted by Crippen LogP contribution is 2.23. The summed E-state index contributed by atoms with van der Waals surface area (Å²) in [5, 5.41) is 15.7. The second-order valence-corrected chi connectivity index (χ2v) is 6.95. The van der Waals surface area contributed by atoms with Crippen LogP contribution in [0.2, 0.25) is 0 Å². The van der Waals surface area contributed by atoms with Gasteiger partial charge in [-0.15, -0.1) is 0 Å². The molecule has 0 amide bonds. The van der Waals surface area contributed by atoms with E-state index in [9.17, 15) is 13.5 Å². The number of sulfonamides is 1. The Morgan fingerprint density at radius 1 is 1.29 bits per heavy atom. The van der Waals surface area contributed by atoms with Crippen LogP contribution in [0.1, 0.15) is 22.5 Å². The van der Waals surface area contributed by atoms with Gasteiger partial charge in [-0.25, -0.2) is 8.42 Å². The van der Waals surface area contributed by atoms with E-state index >= 15 is 0 Å². The molecule has 1 aromatic heterocycles. The number of aromatic amines is 1. The first-order valence-corrected chi connectivity index (χ1v) is 7.97. The molecule has 2 N–H and O–H groups in total. The van der Waals surface area contributed by atoms with Crippen molar-refractivity contribution in [2.45, 2.75) is 31.9 Å². The smallest absolute Gasteiger partial charge is 0.246 e. The molecule has 114 valence electrons. The molecule has 2 aromatic rings. The molecule has 0 fully saturated rings. The number of nitrogens with one attached hydrogen (secondary N) is 1. The molecule has 0 saturated heterocycles. The van der Waals surface area contributed by atoms with E-state index in [0.717, 1.165) is 11.1 Å². The van der Waals surface area contributed by atoms with Crippen LogP contribution in [0.15, 0.2) is 29.2 Å². The normalized spacial score (nSPS) is 12.0. The van der Waals surface area contributed by atoms with Crippen LogP contribution in [-0.2, 0) is 23.2 Å². The van der Waals surface area contributed by atoms with Crippen molar-refractivity contribution in [1.82, 2.24) is 14.5 Å². The number of hydrogen-bond acceptors (Lipinski definition) is 4. The van der Waals surface area contributed by atoms with E-state index in [1.165, 1.54) is 11.4 Å². The van der Waals surface area contributed by atoms with Gasteiger partial charge in [-0.05, 0) is 25.0 Å². The lowest BCUT2D eigenvalue weighted by molar-refractivity contribution is 0.273. The zero-order chi connectivity index (χ0) is 15.6. The van der Waals surface area contributed by atoms with Crippen molar-refractivity contribution >= 4 is 10.0 Å². The molecule has 6 nitrogen and oxygen atoms in total. The summed E-state index contributed by atoms with van der Waals surface area (Å²) in [4.78, 5) is 0.0566. The third kappa shape index (κ3) is 2.99. The van der Waals surface area contributed by atoms with E-state index in [1.54, 1.807) is 6.92 Å². The van der Waals surface area contributed by atoms with Gasteiger partial charge in [0.05, 0.1) is 12.3 Å². The van der Waals surface area contributed by atoms with Gasteiger partial charge in [-0.1, -0.05) is 24.3 Å². The Labute approximate surface area is 124 Å². The van der Waals surface area contributed by atoms with E-state index < -0.39 is 16.6 Å². The molecule has 0 bridgehead atoms. The van der Waals surface area contributed by atoms with Crippen molar-refractivity contribution in [2.24, 2.45) is 0 Å². The Kier molecular flexibility index (Phi) is 4.46. The van der Waals surface area contributed by atoms with Crippen LogP contribution in [0.25, 0.3) is 0 Å². The van der Waals surface area contributed by atoms with Crippen molar-refractivity contribution < 1.29 is 13.5 Å². The molecule has 0 atom stereocenters. The number of rotatable bonds is 5. The van der Waals surface area contributed by atoms with Gasteiger partial charge in [-0.2, -0.15) is 9.40 Å². The molecule has 1 aromatic carbocycles. The van der Waals surface area contributed by atoms with E-state index in [-0.39, 0.29) is 17.1 Å². The van der Waals surface area contributed by atoms with E-state index in [2.05, 4.69) is 10.2 Å². The van der Waals surface area contributed by atoms with Crippen molar-refractivity contribution in [3.63, 3.8) is 0 Å². The van der Waals surface area contributed by atoms with Crippen molar-refractivity contribution in [3.05, 3.63) is 46.8 Å². The number of aliphatic hydroxyl groups is 1. The quantitative estimate of drug-likeness (QED) is 0.872. The Balaban J connectivity index is 2.35. The summed E-state index contributed by atoms with van der Waals surface area (Å²) in [6.07, 6.45) is 0. The minimum absolute atomic E-state index is 0.0566. The highest BCUT2D eigenvalue weighted by molar-refractivity contribution is 7.89. The molecule has 0 unspecified atom stereocenters. The zero-order valence-corrected chi connectivity index (χ0v) is 13.1. The molecule has 1 heterocycles. The van der Waals surface area contributed by atoms with Crippen LogP contribution in [0, 0.1) is 13.8 Å². The van der Waals surface area contributed by atoms with Gasteiger partial charge in [0.15, 0.2) is 0 Å². The van der Waals surface area contributed by atoms with Crippen molar-refractivity contribution in [1.29, 1.82) is 0 Å². The average Bonchev–Trinajstić information content (AvgIpc) is 2.83. The third-order valence-electron chi connectivity index (χ3n) is 3.43. The fourth-order valence-corrected chi connectivity index (χ4v) is 3.65. The Bertz CT molecular complexity index is 738. The molecule has 0 saturated carbocycles. The summed E-state index contributed by atoms with van der Waals surface area (Å²) >= 11 is 0. The largest absolute Gasteiger partial charge is 0.390 e. The van der Waals surface area contributed by atoms with Gasteiger partial charge in [0.1, 0.15) is 10.6 Å². The second-order valence-electron chi connectivity index (χ2n) is 4.97. The molecule has 0 spiro atoms. The Morgan fingerprint density at radius 2 is 1.95 bits per heavy atom. The Morgan fingerprint density at radius 3 is 2.57 bits per heavy atom. The van der Waals surface area contributed by atoms with E-state index in [0.29, 0.717) is 5.69 Å². The first-order chi connectivity index (χ1) is 9.87. The number of H-pyrrole nitrogens is 1. The highest BCUT2D eigenvalue weighted by atomic mass is 32.2. The number of aromatic nitrogens is 2. The zero-order valence-electron chi connectivity index (χ0n) is 12.3. The number of aryl methyl sites for hydroxylation is 2. The molecular weight excluding hydrogens is 290 g/mol. The summed E-state index contributed by atoms with van der Waals surface area (Å²) in [5.41, 5.74) is 2.54. The third-order valence-corrected chi connectivity index (χ3v) is 5.44. The van der Waals surface area contributed by atoms with Crippen LogP contribution in [0.5, 0.6) is 0 Å². The topological polar surface area (TPSA) is 86.3 Å². The highest BCUT2D eigenvalue weighted by Gasteiger charge is 2.28. The van der Waals surface area contributed by atoms with Crippen LogP contribution in [0.4, 0.5) is 0 Å². The lowest BCUT2D eigenvalue weighted by Crippen LogP contribution is -2.28. The van der Waals surface area contributed by atoms with Gasteiger partial charge >= 0.3 is 0 Å². The van der Waals surface area contributed by atoms with Crippen LogP contribution in [-0.4, -0.2) is 35.1 Å². The lowest BCUT2D eigenvalue weighted by Gasteiger charge is -2.18. The fourth-order valence-electron chi connectivity index (χ4n) is 2.19. The summed E-state index contributed by atoms with van der Waals surface area (Å²) < 4.78 is 26.6. The molecule has 21 heavy (non-hydrogen) atoms. The number of nitrogens with zero attached hydrogens (tertiary/aromatic N) is 2. The summed E-state index contributed by atoms with van der Waals surface area (Å²) in [5.74, 6) is 0.